The molecular weight excluding hydrogens is 945 g/mol. The van der Waals surface area contributed by atoms with Gasteiger partial charge in [-0.15, -0.1) is 0 Å². The number of aryl methyl sites for hydroxylation is 2. The molecule has 0 unspecified atom stereocenters. The maximum Gasteiger partial charge on any atom is 0.137 e. The van der Waals surface area contributed by atoms with Crippen LogP contribution in [-0.4, -0.2) is 22.4 Å². The maximum absolute atomic E-state index is 16.3. The van der Waals surface area contributed by atoms with Crippen molar-refractivity contribution in [3.63, 3.8) is 0 Å². The van der Waals surface area contributed by atoms with Crippen LogP contribution >= 0.6 is 0 Å². The van der Waals surface area contributed by atoms with E-state index in [1.54, 1.807) is 26.0 Å². The highest BCUT2D eigenvalue weighted by molar-refractivity contribution is 5.91. The Morgan fingerprint density at radius 1 is 0.347 bits per heavy atom. The molecule has 0 spiro atoms. The second-order valence-corrected chi connectivity index (χ2v) is 19.1. The van der Waals surface area contributed by atoms with Gasteiger partial charge in [-0.3, -0.25) is 0 Å². The fraction of sp³-hybridized carbons (Fsp3) is 0.104. The van der Waals surface area contributed by atoms with Gasteiger partial charge in [0.15, 0.2) is 0 Å². The number of phenols is 2. The largest absolute Gasteiger partial charge is 0.507 e. The first-order valence-corrected chi connectivity index (χ1v) is 24.8. The summed E-state index contributed by atoms with van der Waals surface area (Å²) >= 11 is 0. The van der Waals surface area contributed by atoms with E-state index in [9.17, 15) is 10.2 Å². The maximum atomic E-state index is 16.3. The number of aromatic hydroxyl groups is 2. The van der Waals surface area contributed by atoms with Crippen molar-refractivity contribution in [1.82, 2.24) is 0 Å². The van der Waals surface area contributed by atoms with Crippen molar-refractivity contribution in [3.05, 3.63) is 241 Å². The van der Waals surface area contributed by atoms with Crippen LogP contribution in [0.2, 0.25) is 0 Å². The topological polar surface area (TPSA) is 58.9 Å². The fourth-order valence-electron chi connectivity index (χ4n) is 9.94. The van der Waals surface area contributed by atoms with Crippen LogP contribution in [0.4, 0.5) is 17.6 Å². The van der Waals surface area contributed by atoms with Gasteiger partial charge in [-0.05, 0) is 155 Å². The molecule has 10 rings (SSSR count). The van der Waals surface area contributed by atoms with E-state index in [-0.39, 0.29) is 51.7 Å². The van der Waals surface area contributed by atoms with E-state index in [0.29, 0.717) is 33.4 Å². The van der Waals surface area contributed by atoms with Gasteiger partial charge >= 0.3 is 0 Å². The third-order valence-corrected chi connectivity index (χ3v) is 13.3. The lowest BCUT2D eigenvalue weighted by Gasteiger charge is -2.24. The van der Waals surface area contributed by atoms with Gasteiger partial charge in [0.1, 0.15) is 46.3 Å². The van der Waals surface area contributed by atoms with Crippen LogP contribution in [0.25, 0.3) is 89.0 Å². The molecule has 0 aliphatic heterocycles. The van der Waals surface area contributed by atoms with Gasteiger partial charge in [0.05, 0.1) is 23.3 Å². The predicted octanol–water partition coefficient (Wildman–Crippen LogP) is 18.2. The zero-order valence-electron chi connectivity index (χ0n) is 41.7. The third-order valence-electron chi connectivity index (χ3n) is 13.3. The standard InChI is InChI=1S/C67H52F4O4/c1-40-25-56(52-32-48(44-17-9-5-10-18-44)30-49(33-52)45-19-11-6-12-20-45)66(72)58(27-40)64-60(70)36-54(68)38-62(64)74-42(3)29-43(4)75-63-39-55(69)37-61(71)65(63)59-28-41(2)26-57(67(59)73)53-34-50(46-21-13-7-14-22-46)31-51(35-53)47-23-15-8-16-24-47/h5-28,30-39,42-43,72-73H,29H2,1-4H3/t42-,43+. The van der Waals surface area contributed by atoms with Crippen molar-refractivity contribution >= 4 is 0 Å². The molecule has 0 bridgehead atoms. The van der Waals surface area contributed by atoms with Crippen LogP contribution in [0.5, 0.6) is 23.0 Å². The van der Waals surface area contributed by atoms with Gasteiger partial charge in [0.25, 0.3) is 0 Å². The van der Waals surface area contributed by atoms with Crippen LogP contribution in [-0.2, 0) is 0 Å². The highest BCUT2D eigenvalue weighted by atomic mass is 19.1. The van der Waals surface area contributed by atoms with E-state index in [2.05, 4.69) is 12.1 Å². The molecule has 4 nitrogen and oxygen atoms in total. The number of hydrogen-bond donors (Lipinski definition) is 2. The highest BCUT2D eigenvalue weighted by Gasteiger charge is 2.26. The molecule has 0 radical (unpaired) electrons. The summed E-state index contributed by atoms with van der Waals surface area (Å²) in [6.07, 6.45) is -1.51. The molecule has 0 saturated heterocycles. The smallest absolute Gasteiger partial charge is 0.137 e. The normalized spacial score (nSPS) is 12.1. The monoisotopic (exact) mass is 996 g/mol. The van der Waals surface area contributed by atoms with E-state index in [1.807, 2.05) is 172 Å². The number of hydrogen-bond acceptors (Lipinski definition) is 4. The quantitative estimate of drug-likeness (QED) is 0.107. The number of rotatable bonds is 14. The van der Waals surface area contributed by atoms with Gasteiger partial charge in [0.2, 0.25) is 0 Å². The van der Waals surface area contributed by atoms with Gasteiger partial charge in [-0.2, -0.15) is 0 Å². The first-order valence-electron chi connectivity index (χ1n) is 24.8. The summed E-state index contributed by atoms with van der Waals surface area (Å²) in [5.74, 6) is -4.46. The highest BCUT2D eigenvalue weighted by Crippen LogP contribution is 2.48. The summed E-state index contributed by atoms with van der Waals surface area (Å²) in [6, 6.07) is 62.1. The lowest BCUT2D eigenvalue weighted by Crippen LogP contribution is -2.23. The van der Waals surface area contributed by atoms with E-state index < -0.39 is 35.5 Å². The predicted molar refractivity (Wildman–Crippen MR) is 294 cm³/mol. The van der Waals surface area contributed by atoms with Gasteiger partial charge in [-0.1, -0.05) is 121 Å². The lowest BCUT2D eigenvalue weighted by molar-refractivity contribution is 0.130. The fourth-order valence-corrected chi connectivity index (χ4v) is 9.94. The van der Waals surface area contributed by atoms with Crippen molar-refractivity contribution in [2.75, 3.05) is 0 Å². The summed E-state index contributed by atoms with van der Waals surface area (Å²) in [7, 11) is 0. The minimum absolute atomic E-state index is 0.0777. The molecule has 0 aromatic heterocycles. The van der Waals surface area contributed by atoms with Crippen molar-refractivity contribution < 1.29 is 37.2 Å². The lowest BCUT2D eigenvalue weighted by atomic mass is 9.90. The van der Waals surface area contributed by atoms with Crippen LogP contribution in [0.1, 0.15) is 31.4 Å². The van der Waals surface area contributed by atoms with Crippen LogP contribution in [0, 0.1) is 37.1 Å². The average Bonchev–Trinajstić information content (AvgIpc) is 3.41. The first kappa shape index (κ1) is 49.7. The molecule has 10 aromatic carbocycles. The van der Waals surface area contributed by atoms with Crippen molar-refractivity contribution in [3.8, 4) is 112 Å². The Kier molecular flexibility index (Phi) is 14.1. The molecule has 0 aliphatic rings. The minimum atomic E-state index is -0.948. The molecule has 10 aromatic rings. The molecular formula is C67H52F4O4. The third kappa shape index (κ3) is 10.8. The van der Waals surface area contributed by atoms with E-state index in [0.717, 1.165) is 68.8 Å². The Labute approximate surface area is 434 Å². The van der Waals surface area contributed by atoms with Crippen LogP contribution < -0.4 is 9.47 Å². The summed E-state index contributed by atoms with van der Waals surface area (Å²) in [5, 5.41) is 24.4. The summed E-state index contributed by atoms with van der Waals surface area (Å²) in [5.41, 5.74) is 11.1. The van der Waals surface area contributed by atoms with Crippen molar-refractivity contribution in [2.24, 2.45) is 0 Å². The Balaban J connectivity index is 0.963. The second-order valence-electron chi connectivity index (χ2n) is 19.1. The summed E-state index contributed by atoms with van der Waals surface area (Å²) in [6.45, 7) is 7.04. The zero-order valence-corrected chi connectivity index (χ0v) is 41.7. The molecule has 0 saturated carbocycles. The first-order chi connectivity index (χ1) is 36.3. The van der Waals surface area contributed by atoms with Gasteiger partial charge in [0, 0.05) is 52.9 Å². The SMILES string of the molecule is Cc1cc(-c2cc(-c3ccccc3)cc(-c3ccccc3)c2)c(O)c(-c2c(F)cc(F)cc2O[C@H](C)C[C@H](C)Oc2cc(F)cc(F)c2-c2cc(C)cc(-c3cc(-c4ccccc4)cc(-c4ccccc4)c3)c2O)c1. The molecule has 2 atom stereocenters. The molecule has 372 valence electrons. The Morgan fingerprint density at radius 2 is 0.627 bits per heavy atom. The second kappa shape index (κ2) is 21.3. The van der Waals surface area contributed by atoms with Crippen LogP contribution in [0.3, 0.4) is 0 Å². The molecule has 75 heavy (non-hydrogen) atoms. The molecule has 0 amide bonds. The Bertz CT molecular complexity index is 3340. The van der Waals surface area contributed by atoms with E-state index in [4.69, 9.17) is 9.47 Å². The zero-order chi connectivity index (χ0) is 52.3. The number of halogens is 4. The average molecular weight is 997 g/mol. The van der Waals surface area contributed by atoms with E-state index in [1.165, 1.54) is 0 Å². The van der Waals surface area contributed by atoms with Crippen molar-refractivity contribution in [1.29, 1.82) is 0 Å². The summed E-state index contributed by atoms with van der Waals surface area (Å²) in [4.78, 5) is 0. The minimum Gasteiger partial charge on any atom is -0.507 e. The van der Waals surface area contributed by atoms with Crippen molar-refractivity contribution in [2.45, 2.75) is 46.3 Å². The van der Waals surface area contributed by atoms with Gasteiger partial charge in [-0.25, -0.2) is 17.6 Å². The molecule has 8 heteroatoms. The Hall–Kier alpha value is -8.88. The van der Waals surface area contributed by atoms with E-state index >= 15 is 17.6 Å². The number of benzene rings is 10. The molecule has 0 aliphatic carbocycles. The Morgan fingerprint density at radius 3 is 0.933 bits per heavy atom. The molecule has 0 heterocycles. The number of phenolic OH excluding ortho intramolecular Hbond substituents is 2. The van der Waals surface area contributed by atoms with Gasteiger partial charge < -0.3 is 19.7 Å². The molecule has 0 fully saturated rings. The number of ether oxygens (including phenoxy) is 2. The van der Waals surface area contributed by atoms with Crippen LogP contribution in [0.15, 0.2) is 206 Å². The summed E-state index contributed by atoms with van der Waals surface area (Å²) < 4.78 is 75.9. The molecule has 2 N–H and O–H groups in total.